The van der Waals surface area contributed by atoms with Crippen molar-refractivity contribution in [1.82, 2.24) is 0 Å². The number of methoxy groups -OCH3 is 4. The number of allylic oxidation sites excluding steroid dienone is 1. The number of carbonyl (C=O) groups is 1. The Morgan fingerprint density at radius 1 is 1.05 bits per heavy atom. The van der Waals surface area contributed by atoms with E-state index in [9.17, 15) is 4.79 Å². The molecule has 0 amide bonds. The van der Waals surface area contributed by atoms with Crippen molar-refractivity contribution >= 4 is 11.5 Å². The second-order valence-corrected chi connectivity index (χ2v) is 5.37. The Kier molecular flexibility index (Phi) is 4.96. The molecule has 5 heteroatoms. The molecule has 0 heterocycles. The van der Waals surface area contributed by atoms with Crippen molar-refractivity contribution in [3.8, 4) is 17.2 Å². The summed E-state index contributed by atoms with van der Waals surface area (Å²) in [5, 5.41) is 0. The van der Waals surface area contributed by atoms with Crippen molar-refractivity contribution in [3.05, 3.63) is 23.3 Å². The normalized spacial score (nSPS) is 17.4. The van der Waals surface area contributed by atoms with Crippen molar-refractivity contribution in [2.45, 2.75) is 19.8 Å². The SMILES string of the molecule is COC(=O)C1=C(c2cc(OC)cc(OC)c2OC)C[C@H](C)C1. The Bertz CT molecular complexity index is 603. The summed E-state index contributed by atoms with van der Waals surface area (Å²) in [6.07, 6.45) is 1.49. The first-order valence-electron chi connectivity index (χ1n) is 7.16. The molecule has 0 fully saturated rings. The second kappa shape index (κ2) is 6.73. The van der Waals surface area contributed by atoms with Gasteiger partial charge in [0.25, 0.3) is 0 Å². The molecular weight excluding hydrogens is 284 g/mol. The third-order valence-corrected chi connectivity index (χ3v) is 3.91. The summed E-state index contributed by atoms with van der Waals surface area (Å²) in [5.74, 6) is 1.93. The molecule has 2 rings (SSSR count). The quantitative estimate of drug-likeness (QED) is 0.783. The molecule has 1 atom stereocenters. The van der Waals surface area contributed by atoms with E-state index in [-0.39, 0.29) is 5.97 Å². The summed E-state index contributed by atoms with van der Waals surface area (Å²) >= 11 is 0. The van der Waals surface area contributed by atoms with Gasteiger partial charge in [0.1, 0.15) is 5.75 Å². The zero-order valence-electron chi connectivity index (χ0n) is 13.7. The summed E-state index contributed by atoms with van der Waals surface area (Å²) in [4.78, 5) is 12.1. The van der Waals surface area contributed by atoms with E-state index in [2.05, 4.69) is 6.92 Å². The number of ether oxygens (including phenoxy) is 4. The van der Waals surface area contributed by atoms with Gasteiger partial charge >= 0.3 is 5.97 Å². The van der Waals surface area contributed by atoms with Crippen molar-refractivity contribution in [3.63, 3.8) is 0 Å². The number of carbonyl (C=O) groups excluding carboxylic acids is 1. The molecule has 0 saturated carbocycles. The van der Waals surface area contributed by atoms with Gasteiger partial charge in [-0.05, 0) is 30.4 Å². The zero-order valence-corrected chi connectivity index (χ0v) is 13.7. The third kappa shape index (κ3) is 2.89. The van der Waals surface area contributed by atoms with Crippen LogP contribution >= 0.6 is 0 Å². The van der Waals surface area contributed by atoms with Gasteiger partial charge in [0.2, 0.25) is 0 Å². The number of hydrogen-bond acceptors (Lipinski definition) is 5. The fourth-order valence-corrected chi connectivity index (χ4v) is 2.90. The topological polar surface area (TPSA) is 54.0 Å². The number of esters is 1. The van der Waals surface area contributed by atoms with Crippen LogP contribution in [0.5, 0.6) is 17.2 Å². The van der Waals surface area contributed by atoms with Crippen LogP contribution in [0.3, 0.4) is 0 Å². The molecule has 0 aliphatic heterocycles. The predicted octanol–water partition coefficient (Wildman–Crippen LogP) is 3.07. The van der Waals surface area contributed by atoms with E-state index < -0.39 is 0 Å². The van der Waals surface area contributed by atoms with Gasteiger partial charge in [0.15, 0.2) is 11.5 Å². The average molecular weight is 306 g/mol. The van der Waals surface area contributed by atoms with E-state index in [4.69, 9.17) is 18.9 Å². The minimum Gasteiger partial charge on any atom is -0.497 e. The van der Waals surface area contributed by atoms with Crippen molar-refractivity contribution in [2.75, 3.05) is 28.4 Å². The molecule has 0 radical (unpaired) electrons. The van der Waals surface area contributed by atoms with E-state index in [1.165, 1.54) is 7.11 Å². The standard InChI is InChI=1S/C17H22O5/c1-10-6-12(14(7-10)17(18)22-5)13-8-11(19-2)9-15(20-3)16(13)21-4/h8-10H,6-7H2,1-5H3/t10-/m0/s1. The Labute approximate surface area is 130 Å². The first-order valence-corrected chi connectivity index (χ1v) is 7.16. The van der Waals surface area contributed by atoms with Gasteiger partial charge in [0.05, 0.1) is 28.4 Å². The van der Waals surface area contributed by atoms with Crippen molar-refractivity contribution in [2.24, 2.45) is 5.92 Å². The minimum absolute atomic E-state index is 0.289. The van der Waals surface area contributed by atoms with E-state index in [0.29, 0.717) is 35.2 Å². The summed E-state index contributed by atoms with van der Waals surface area (Å²) < 4.78 is 21.1. The highest BCUT2D eigenvalue weighted by atomic mass is 16.5. The molecule has 0 spiro atoms. The molecule has 0 N–H and O–H groups in total. The molecule has 1 aromatic carbocycles. The van der Waals surface area contributed by atoms with E-state index in [1.807, 2.05) is 6.07 Å². The lowest BCUT2D eigenvalue weighted by molar-refractivity contribution is -0.136. The monoisotopic (exact) mass is 306 g/mol. The molecule has 22 heavy (non-hydrogen) atoms. The van der Waals surface area contributed by atoms with Crippen LogP contribution in [0.2, 0.25) is 0 Å². The number of rotatable bonds is 5. The summed E-state index contributed by atoms with van der Waals surface area (Å²) in [6, 6.07) is 3.64. The average Bonchev–Trinajstić information content (AvgIpc) is 2.94. The lowest BCUT2D eigenvalue weighted by Crippen LogP contribution is -2.05. The van der Waals surface area contributed by atoms with Crippen molar-refractivity contribution in [1.29, 1.82) is 0 Å². The number of hydrogen-bond donors (Lipinski definition) is 0. The Balaban J connectivity index is 2.65. The summed E-state index contributed by atoms with van der Waals surface area (Å²) in [7, 11) is 6.16. The lowest BCUT2D eigenvalue weighted by atomic mass is 9.99. The molecule has 0 bridgehead atoms. The number of benzene rings is 1. The highest BCUT2D eigenvalue weighted by Crippen LogP contribution is 2.46. The van der Waals surface area contributed by atoms with Crippen LogP contribution in [-0.2, 0) is 9.53 Å². The van der Waals surface area contributed by atoms with Gasteiger partial charge in [-0.2, -0.15) is 0 Å². The first kappa shape index (κ1) is 16.2. The molecule has 0 aromatic heterocycles. The van der Waals surface area contributed by atoms with Gasteiger partial charge < -0.3 is 18.9 Å². The Morgan fingerprint density at radius 3 is 2.32 bits per heavy atom. The predicted molar refractivity (Wildman–Crippen MR) is 83.4 cm³/mol. The van der Waals surface area contributed by atoms with Gasteiger partial charge in [0, 0.05) is 17.2 Å². The van der Waals surface area contributed by atoms with Crippen LogP contribution < -0.4 is 14.2 Å². The van der Waals surface area contributed by atoms with E-state index in [1.54, 1.807) is 27.4 Å². The van der Waals surface area contributed by atoms with Crippen LogP contribution in [0.1, 0.15) is 25.3 Å². The fourth-order valence-electron chi connectivity index (χ4n) is 2.90. The highest BCUT2D eigenvalue weighted by Gasteiger charge is 2.30. The fraction of sp³-hybridized carbons (Fsp3) is 0.471. The minimum atomic E-state index is -0.289. The summed E-state index contributed by atoms with van der Waals surface area (Å²) in [6.45, 7) is 2.11. The van der Waals surface area contributed by atoms with E-state index in [0.717, 1.165) is 17.6 Å². The molecule has 0 saturated heterocycles. The highest BCUT2D eigenvalue weighted by molar-refractivity contribution is 6.00. The molecule has 5 nitrogen and oxygen atoms in total. The second-order valence-electron chi connectivity index (χ2n) is 5.37. The maximum Gasteiger partial charge on any atom is 0.334 e. The third-order valence-electron chi connectivity index (χ3n) is 3.91. The Hall–Kier alpha value is -2.17. The molecule has 0 unspecified atom stereocenters. The summed E-state index contributed by atoms with van der Waals surface area (Å²) in [5.41, 5.74) is 2.46. The molecule has 120 valence electrons. The van der Waals surface area contributed by atoms with Crippen LogP contribution in [-0.4, -0.2) is 34.4 Å². The van der Waals surface area contributed by atoms with E-state index >= 15 is 0 Å². The van der Waals surface area contributed by atoms with Crippen LogP contribution in [0.25, 0.3) is 5.57 Å². The zero-order chi connectivity index (χ0) is 16.3. The first-order chi connectivity index (χ1) is 10.5. The smallest absolute Gasteiger partial charge is 0.334 e. The van der Waals surface area contributed by atoms with Crippen LogP contribution in [0, 0.1) is 5.92 Å². The molecule has 1 aliphatic carbocycles. The maximum atomic E-state index is 12.1. The molecule has 1 aliphatic rings. The molecule has 1 aromatic rings. The van der Waals surface area contributed by atoms with Gasteiger partial charge in [-0.25, -0.2) is 4.79 Å². The lowest BCUT2D eigenvalue weighted by Gasteiger charge is -2.16. The Morgan fingerprint density at radius 2 is 1.77 bits per heavy atom. The van der Waals surface area contributed by atoms with Crippen LogP contribution in [0.15, 0.2) is 17.7 Å². The van der Waals surface area contributed by atoms with Crippen molar-refractivity contribution < 1.29 is 23.7 Å². The van der Waals surface area contributed by atoms with Gasteiger partial charge in [-0.3, -0.25) is 0 Å². The maximum absolute atomic E-state index is 12.1. The van der Waals surface area contributed by atoms with Crippen LogP contribution in [0.4, 0.5) is 0 Å². The van der Waals surface area contributed by atoms with Gasteiger partial charge in [-0.1, -0.05) is 6.92 Å². The largest absolute Gasteiger partial charge is 0.497 e. The molecular formula is C17H22O5. The van der Waals surface area contributed by atoms with Gasteiger partial charge in [-0.15, -0.1) is 0 Å².